The average Bonchev–Trinajstić information content (AvgIpc) is 2.43. The molecule has 5 nitrogen and oxygen atoms in total. The van der Waals surface area contributed by atoms with E-state index in [9.17, 15) is 9.59 Å². The van der Waals surface area contributed by atoms with E-state index in [0.717, 1.165) is 32.5 Å². The van der Waals surface area contributed by atoms with Crippen LogP contribution >= 0.6 is 0 Å². The smallest absolute Gasteiger partial charge is 0.303 e. The van der Waals surface area contributed by atoms with Crippen molar-refractivity contribution < 1.29 is 19.4 Å². The number of carbonyl (C=O) groups is 2. The van der Waals surface area contributed by atoms with Gasteiger partial charge in [-0.15, -0.1) is 0 Å². The molecule has 124 valence electrons. The van der Waals surface area contributed by atoms with Gasteiger partial charge in [-0.1, -0.05) is 19.8 Å². The van der Waals surface area contributed by atoms with Crippen molar-refractivity contribution in [2.75, 3.05) is 26.2 Å². The highest BCUT2D eigenvalue weighted by Crippen LogP contribution is 2.11. The Bertz CT molecular complexity index is 307. The molecule has 21 heavy (non-hydrogen) atoms. The summed E-state index contributed by atoms with van der Waals surface area (Å²) in [6, 6.07) is 0. The van der Waals surface area contributed by atoms with E-state index in [4.69, 9.17) is 5.11 Å². The monoisotopic (exact) mass is 304 g/mol. The molecule has 0 radical (unpaired) electrons. The van der Waals surface area contributed by atoms with Crippen LogP contribution in [0.15, 0.2) is 0 Å². The molecule has 0 spiro atoms. The Kier molecular flexibility index (Phi) is 10.8. The number of amides is 1. The predicted molar refractivity (Wildman–Crippen MR) is 81.1 cm³/mol. The Balaban J connectivity index is 0.00000400. The number of hydrogen-bond acceptors (Lipinski definition) is 3. The van der Waals surface area contributed by atoms with Crippen molar-refractivity contribution in [2.24, 2.45) is 5.92 Å². The topological polar surface area (TPSA) is 69.6 Å². The van der Waals surface area contributed by atoms with Gasteiger partial charge in [-0.2, -0.15) is 0 Å². The summed E-state index contributed by atoms with van der Waals surface area (Å²) in [5.74, 6) is -0.592. The van der Waals surface area contributed by atoms with Gasteiger partial charge in [-0.05, 0) is 38.8 Å². The molecule has 1 fully saturated rings. The van der Waals surface area contributed by atoms with Crippen LogP contribution in [0.4, 0.5) is 4.70 Å². The number of piperidine rings is 1. The fraction of sp³-hybridized carbons (Fsp3) is 0.867. The lowest BCUT2D eigenvalue weighted by Crippen LogP contribution is -2.40. The van der Waals surface area contributed by atoms with Gasteiger partial charge in [-0.3, -0.25) is 14.3 Å². The van der Waals surface area contributed by atoms with E-state index in [1.165, 1.54) is 19.3 Å². The van der Waals surface area contributed by atoms with Crippen molar-refractivity contribution >= 4 is 11.9 Å². The lowest BCUT2D eigenvalue weighted by Gasteiger charge is -2.28. The number of aliphatic carboxylic acids is 1. The molecule has 0 aromatic carbocycles. The van der Waals surface area contributed by atoms with Crippen LogP contribution < -0.4 is 5.32 Å². The summed E-state index contributed by atoms with van der Waals surface area (Å²) in [6.45, 7) is 5.72. The van der Waals surface area contributed by atoms with Crippen LogP contribution in [0.5, 0.6) is 0 Å². The lowest BCUT2D eigenvalue weighted by atomic mass is 10.1. The van der Waals surface area contributed by atoms with Crippen molar-refractivity contribution in [1.82, 2.24) is 10.2 Å². The normalized spacial score (nSPS) is 16.8. The number of halogens is 1. The molecule has 0 aromatic rings. The number of unbranched alkanes of at least 4 members (excludes halogenated alkanes) is 2. The number of hydrogen-bond donors (Lipinski definition) is 2. The van der Waals surface area contributed by atoms with Gasteiger partial charge in [0.2, 0.25) is 5.91 Å². The van der Waals surface area contributed by atoms with Crippen LogP contribution in [0.3, 0.4) is 0 Å². The summed E-state index contributed by atoms with van der Waals surface area (Å²) in [4.78, 5) is 24.6. The highest BCUT2D eigenvalue weighted by molar-refractivity contribution is 5.78. The molecule has 0 aromatic heterocycles. The number of likely N-dealkylation sites (tertiary alicyclic amines) is 1. The van der Waals surface area contributed by atoms with E-state index >= 15 is 0 Å². The summed E-state index contributed by atoms with van der Waals surface area (Å²) in [7, 11) is 0. The second-order valence-electron chi connectivity index (χ2n) is 5.76. The zero-order valence-electron chi connectivity index (χ0n) is 13.0. The predicted octanol–water partition coefficient (Wildman–Crippen LogP) is 2.02. The van der Waals surface area contributed by atoms with E-state index in [1.807, 2.05) is 6.92 Å². The lowest BCUT2D eigenvalue weighted by molar-refractivity contribution is -0.137. The maximum absolute atomic E-state index is 11.9. The van der Waals surface area contributed by atoms with Gasteiger partial charge in [0.25, 0.3) is 0 Å². The summed E-state index contributed by atoms with van der Waals surface area (Å²) < 4.78 is 0. The Morgan fingerprint density at radius 1 is 1.14 bits per heavy atom. The van der Waals surface area contributed by atoms with Gasteiger partial charge >= 0.3 is 5.97 Å². The third kappa shape index (κ3) is 9.39. The second-order valence-corrected chi connectivity index (χ2v) is 5.76. The van der Waals surface area contributed by atoms with Crippen LogP contribution in [0, 0.1) is 5.92 Å². The van der Waals surface area contributed by atoms with Crippen LogP contribution in [-0.4, -0.2) is 48.1 Å². The van der Waals surface area contributed by atoms with Crippen LogP contribution in [0.25, 0.3) is 0 Å². The minimum atomic E-state index is -0.746. The maximum Gasteiger partial charge on any atom is 0.303 e. The maximum atomic E-state index is 11.9. The molecule has 0 aliphatic carbocycles. The minimum Gasteiger partial charge on any atom is -0.481 e. The third-order valence-corrected chi connectivity index (χ3v) is 3.79. The van der Waals surface area contributed by atoms with Gasteiger partial charge in [0.1, 0.15) is 0 Å². The molecule has 1 saturated heterocycles. The molecular weight excluding hydrogens is 275 g/mol. The van der Waals surface area contributed by atoms with Crippen LogP contribution in [-0.2, 0) is 9.59 Å². The molecule has 1 amide bonds. The number of carbonyl (C=O) groups excluding carboxylic acids is 1. The Morgan fingerprint density at radius 2 is 1.81 bits per heavy atom. The number of carboxylic acids is 1. The van der Waals surface area contributed by atoms with Gasteiger partial charge in [0.15, 0.2) is 0 Å². The number of nitrogens with zero attached hydrogens (tertiary/aromatic N) is 1. The van der Waals surface area contributed by atoms with Crippen molar-refractivity contribution in [3.05, 3.63) is 0 Å². The molecule has 1 aliphatic rings. The molecule has 1 aliphatic heterocycles. The third-order valence-electron chi connectivity index (χ3n) is 3.79. The number of carboxylic acid groups (broad SMARTS) is 1. The van der Waals surface area contributed by atoms with E-state index in [1.54, 1.807) is 0 Å². The van der Waals surface area contributed by atoms with E-state index in [0.29, 0.717) is 13.0 Å². The van der Waals surface area contributed by atoms with Gasteiger partial charge in [0, 0.05) is 25.4 Å². The van der Waals surface area contributed by atoms with Crippen molar-refractivity contribution in [3.63, 3.8) is 0 Å². The minimum absolute atomic E-state index is 0. The fourth-order valence-corrected chi connectivity index (χ4v) is 2.58. The Labute approximate surface area is 126 Å². The largest absolute Gasteiger partial charge is 0.481 e. The van der Waals surface area contributed by atoms with Gasteiger partial charge in [-0.25, -0.2) is 0 Å². The zero-order valence-corrected chi connectivity index (χ0v) is 13.0. The number of nitrogens with one attached hydrogen (secondary N) is 1. The van der Waals surface area contributed by atoms with Gasteiger partial charge in [0.05, 0.1) is 0 Å². The van der Waals surface area contributed by atoms with Crippen molar-refractivity contribution in [1.29, 1.82) is 0 Å². The summed E-state index contributed by atoms with van der Waals surface area (Å²) in [5, 5.41) is 11.5. The Morgan fingerprint density at radius 3 is 2.43 bits per heavy atom. The van der Waals surface area contributed by atoms with E-state index in [2.05, 4.69) is 10.2 Å². The van der Waals surface area contributed by atoms with E-state index < -0.39 is 5.97 Å². The highest BCUT2D eigenvalue weighted by Gasteiger charge is 2.18. The quantitative estimate of drug-likeness (QED) is 0.639. The van der Waals surface area contributed by atoms with Crippen molar-refractivity contribution in [3.8, 4) is 0 Å². The second kappa shape index (κ2) is 11.5. The SMILES string of the molecule is CC(CN1CCCCC1)C(=O)NCCCCCC(=O)O.F. The molecule has 1 heterocycles. The average molecular weight is 304 g/mol. The fourth-order valence-electron chi connectivity index (χ4n) is 2.58. The summed E-state index contributed by atoms with van der Waals surface area (Å²) in [6.07, 6.45) is 6.43. The molecule has 0 saturated carbocycles. The Hall–Kier alpha value is -1.17. The first kappa shape index (κ1) is 19.8. The van der Waals surface area contributed by atoms with Crippen LogP contribution in [0.2, 0.25) is 0 Å². The van der Waals surface area contributed by atoms with E-state index in [-0.39, 0.29) is 23.0 Å². The molecule has 2 N–H and O–H groups in total. The molecular formula is C15H29FN2O3. The standard InChI is InChI=1S/C15H28N2O3.FH/c1-13(12-17-10-6-3-7-11-17)15(20)16-9-5-2-4-8-14(18)19;/h13H,2-12H2,1H3,(H,16,20)(H,18,19);1H. The molecule has 1 unspecified atom stereocenters. The molecule has 1 rings (SSSR count). The first-order valence-corrected chi connectivity index (χ1v) is 7.81. The molecule has 0 bridgehead atoms. The zero-order chi connectivity index (χ0) is 14.8. The summed E-state index contributed by atoms with van der Waals surface area (Å²) in [5.41, 5.74) is 0. The summed E-state index contributed by atoms with van der Waals surface area (Å²) >= 11 is 0. The number of rotatable bonds is 9. The van der Waals surface area contributed by atoms with Gasteiger partial charge < -0.3 is 15.3 Å². The molecule has 1 atom stereocenters. The highest BCUT2D eigenvalue weighted by atomic mass is 19.0. The first-order chi connectivity index (χ1) is 9.59. The van der Waals surface area contributed by atoms with Crippen LogP contribution in [0.1, 0.15) is 51.9 Å². The van der Waals surface area contributed by atoms with Crippen molar-refractivity contribution in [2.45, 2.75) is 51.9 Å². The first-order valence-electron chi connectivity index (χ1n) is 7.81. The molecule has 6 heteroatoms.